The van der Waals surface area contributed by atoms with E-state index >= 15 is 0 Å². The fraction of sp³-hybridized carbons (Fsp3) is 0.500. The lowest BCUT2D eigenvalue weighted by molar-refractivity contribution is -0.947. The van der Waals surface area contributed by atoms with Gasteiger partial charge >= 0.3 is 11.9 Å². The van der Waals surface area contributed by atoms with Crippen molar-refractivity contribution in [2.24, 2.45) is 0 Å². The van der Waals surface area contributed by atoms with Crippen LogP contribution in [0.3, 0.4) is 0 Å². The molecular formula is C44H60N2O11+2. The van der Waals surface area contributed by atoms with Crippen molar-refractivity contribution in [3.05, 3.63) is 94.1 Å². The van der Waals surface area contributed by atoms with E-state index in [1.165, 1.54) is 11.1 Å². The monoisotopic (exact) mass is 792 g/mol. The van der Waals surface area contributed by atoms with Crippen molar-refractivity contribution < 1.29 is 61.9 Å². The van der Waals surface area contributed by atoms with E-state index in [9.17, 15) is 19.8 Å². The number of hydrogen-bond acceptors (Lipinski definition) is 11. The summed E-state index contributed by atoms with van der Waals surface area (Å²) in [6, 6.07) is 16.2. The number of aliphatic hydroxyl groups is 2. The highest BCUT2D eigenvalue weighted by molar-refractivity contribution is 5.91. The molecule has 0 aliphatic carbocycles. The summed E-state index contributed by atoms with van der Waals surface area (Å²) in [5, 5.41) is 20.0. The van der Waals surface area contributed by atoms with Gasteiger partial charge in [0.25, 0.3) is 0 Å². The van der Waals surface area contributed by atoms with Gasteiger partial charge in [0.15, 0.2) is 11.5 Å². The summed E-state index contributed by atoms with van der Waals surface area (Å²) in [5.41, 5.74) is 6.05. The first kappa shape index (κ1) is 43.5. The topological polar surface area (TPSA) is 139 Å². The quantitative estimate of drug-likeness (QED) is 0.0726. The predicted octanol–water partition coefficient (Wildman–Crippen LogP) is 4.46. The normalized spacial score (nSPS) is 18.8. The molecule has 0 unspecified atom stereocenters. The van der Waals surface area contributed by atoms with Crippen LogP contribution in [0, 0.1) is 0 Å². The second-order valence-electron chi connectivity index (χ2n) is 15.1. The summed E-state index contributed by atoms with van der Waals surface area (Å²) in [6.07, 6.45) is 5.10. The Balaban J connectivity index is 1.11. The molecule has 2 heterocycles. The molecule has 5 rings (SSSR count). The number of aliphatic hydroxyl groups excluding tert-OH is 2. The molecule has 57 heavy (non-hydrogen) atoms. The lowest BCUT2D eigenvalue weighted by Gasteiger charge is -2.46. The fourth-order valence-electron chi connectivity index (χ4n) is 8.24. The third-order valence-electron chi connectivity index (χ3n) is 11.5. The zero-order valence-corrected chi connectivity index (χ0v) is 34.1. The number of nitrogens with zero attached hydrogens (tertiary/aromatic N) is 2. The largest absolute Gasteiger partial charge is 0.497 e. The standard InChI is InChI=1S/C44H60N2O11/c1-45(17-14-34-27-35(30-47)36(31-48)28-38(34)39(45)24-32-8-10-37(51-2)11-9-32)15-6-20-56-42(49)12-13-43(50)57-21-7-16-46(18-22-55-23-19-46)29-33-25-40(52-3)44(54-5)41(26-33)53-4/h8-13,25-28,39,47-48H,6-7,14-24,29-31H2,1-5H3/q+2/b13-12-/t39-,45-/m1/s1. The Kier molecular flexibility index (Phi) is 15.8. The second-order valence-corrected chi connectivity index (χ2v) is 15.1. The Morgan fingerprint density at radius 2 is 1.35 bits per heavy atom. The maximum absolute atomic E-state index is 12.6. The van der Waals surface area contributed by atoms with Gasteiger partial charge in [-0.25, -0.2) is 9.59 Å². The van der Waals surface area contributed by atoms with Crippen LogP contribution in [0.15, 0.2) is 60.7 Å². The van der Waals surface area contributed by atoms with Gasteiger partial charge < -0.3 is 52.3 Å². The number of carbonyl (C=O) groups excluding carboxylic acids is 2. The average Bonchev–Trinajstić information content (AvgIpc) is 3.24. The summed E-state index contributed by atoms with van der Waals surface area (Å²) in [4.78, 5) is 25.1. The molecule has 0 saturated carbocycles. The molecule has 2 aliphatic rings. The van der Waals surface area contributed by atoms with Gasteiger partial charge in [0.05, 0.1) is 94.8 Å². The summed E-state index contributed by atoms with van der Waals surface area (Å²) in [5.74, 6) is 1.36. The molecular weight excluding hydrogens is 732 g/mol. The number of ether oxygens (including phenoxy) is 7. The van der Waals surface area contributed by atoms with E-state index < -0.39 is 11.9 Å². The Labute approximate surface area is 336 Å². The highest BCUT2D eigenvalue weighted by atomic mass is 16.5. The highest BCUT2D eigenvalue weighted by Crippen LogP contribution is 2.40. The summed E-state index contributed by atoms with van der Waals surface area (Å²) < 4.78 is 40.1. The number of benzene rings is 3. The van der Waals surface area contributed by atoms with Crippen LogP contribution in [0.1, 0.15) is 52.3 Å². The minimum absolute atomic E-state index is 0.0835. The lowest BCUT2D eigenvalue weighted by Crippen LogP contribution is -2.55. The summed E-state index contributed by atoms with van der Waals surface area (Å²) in [7, 11) is 8.66. The lowest BCUT2D eigenvalue weighted by atomic mass is 9.84. The number of quaternary nitrogens is 2. The Morgan fingerprint density at radius 1 is 0.754 bits per heavy atom. The molecule has 0 aromatic heterocycles. The number of carbonyl (C=O) groups is 2. The molecule has 13 heteroatoms. The fourth-order valence-corrected chi connectivity index (χ4v) is 8.24. The smallest absolute Gasteiger partial charge is 0.331 e. The van der Waals surface area contributed by atoms with Gasteiger partial charge in [-0.3, -0.25) is 0 Å². The molecule has 0 spiro atoms. The van der Waals surface area contributed by atoms with Crippen LogP contribution in [0.4, 0.5) is 0 Å². The maximum Gasteiger partial charge on any atom is 0.331 e. The number of rotatable bonds is 20. The Bertz CT molecular complexity index is 1800. The van der Waals surface area contributed by atoms with Gasteiger partial charge in [0, 0.05) is 49.0 Å². The Morgan fingerprint density at radius 3 is 1.91 bits per heavy atom. The van der Waals surface area contributed by atoms with E-state index in [-0.39, 0.29) is 32.5 Å². The van der Waals surface area contributed by atoms with Gasteiger partial charge in [0.2, 0.25) is 5.75 Å². The minimum Gasteiger partial charge on any atom is -0.497 e. The van der Waals surface area contributed by atoms with Crippen LogP contribution in [-0.2, 0) is 56.4 Å². The molecule has 3 aromatic rings. The van der Waals surface area contributed by atoms with Crippen LogP contribution >= 0.6 is 0 Å². The maximum atomic E-state index is 12.6. The van der Waals surface area contributed by atoms with Gasteiger partial charge in [-0.1, -0.05) is 18.2 Å². The summed E-state index contributed by atoms with van der Waals surface area (Å²) in [6.45, 7) is 6.20. The van der Waals surface area contributed by atoms with Crippen molar-refractivity contribution in [3.63, 3.8) is 0 Å². The third-order valence-corrected chi connectivity index (χ3v) is 11.5. The van der Waals surface area contributed by atoms with Crippen molar-refractivity contribution in [1.82, 2.24) is 0 Å². The van der Waals surface area contributed by atoms with Crippen molar-refractivity contribution in [2.45, 2.75) is 51.5 Å². The zero-order chi connectivity index (χ0) is 40.8. The van der Waals surface area contributed by atoms with E-state index in [4.69, 9.17) is 33.2 Å². The first-order valence-electron chi connectivity index (χ1n) is 19.7. The molecule has 3 aromatic carbocycles. The molecule has 2 aliphatic heterocycles. The minimum atomic E-state index is -0.597. The van der Waals surface area contributed by atoms with Crippen molar-refractivity contribution >= 4 is 11.9 Å². The van der Waals surface area contributed by atoms with Gasteiger partial charge in [-0.05, 0) is 52.6 Å². The first-order chi connectivity index (χ1) is 27.6. The van der Waals surface area contributed by atoms with Crippen molar-refractivity contribution in [3.8, 4) is 23.0 Å². The van der Waals surface area contributed by atoms with Gasteiger partial charge in [-0.15, -0.1) is 0 Å². The number of likely N-dealkylation sites (N-methyl/N-ethyl adjacent to an activating group) is 1. The van der Waals surface area contributed by atoms with Crippen LogP contribution in [0.2, 0.25) is 0 Å². The third kappa shape index (κ3) is 11.3. The van der Waals surface area contributed by atoms with E-state index in [2.05, 4.69) is 25.2 Å². The molecule has 310 valence electrons. The van der Waals surface area contributed by atoms with Crippen LogP contribution in [0.25, 0.3) is 0 Å². The molecule has 0 radical (unpaired) electrons. The zero-order valence-electron chi connectivity index (χ0n) is 34.1. The first-order valence-corrected chi connectivity index (χ1v) is 19.7. The Hall–Kier alpha value is -4.66. The number of methoxy groups -OCH3 is 4. The number of fused-ring (bicyclic) bond motifs is 1. The van der Waals surface area contributed by atoms with Crippen molar-refractivity contribution in [1.29, 1.82) is 0 Å². The molecule has 13 nitrogen and oxygen atoms in total. The van der Waals surface area contributed by atoms with E-state index in [1.54, 1.807) is 28.4 Å². The van der Waals surface area contributed by atoms with Crippen LogP contribution in [0.5, 0.6) is 23.0 Å². The molecule has 2 N–H and O–H groups in total. The summed E-state index contributed by atoms with van der Waals surface area (Å²) >= 11 is 0. The van der Waals surface area contributed by atoms with E-state index in [0.717, 1.165) is 101 Å². The highest BCUT2D eigenvalue weighted by Gasteiger charge is 2.39. The molecule has 0 bridgehead atoms. The molecule has 0 amide bonds. The van der Waals surface area contributed by atoms with Crippen LogP contribution in [-0.4, -0.2) is 126 Å². The second kappa shape index (κ2) is 20.7. The van der Waals surface area contributed by atoms with Crippen molar-refractivity contribution in [2.75, 3.05) is 94.6 Å². The van der Waals surface area contributed by atoms with Gasteiger partial charge in [0.1, 0.15) is 31.4 Å². The molecule has 1 saturated heterocycles. The predicted molar refractivity (Wildman–Crippen MR) is 213 cm³/mol. The van der Waals surface area contributed by atoms with E-state index in [1.807, 2.05) is 30.3 Å². The number of esters is 2. The number of morpholine rings is 1. The van der Waals surface area contributed by atoms with Gasteiger partial charge in [-0.2, -0.15) is 0 Å². The van der Waals surface area contributed by atoms with E-state index in [0.29, 0.717) is 43.3 Å². The number of hydrogen-bond donors (Lipinski definition) is 2. The molecule has 1 fully saturated rings. The molecule has 2 atom stereocenters. The van der Waals surface area contributed by atoms with Crippen LogP contribution < -0.4 is 18.9 Å². The average molecular weight is 793 g/mol. The SMILES string of the molecule is COc1ccc(C[C@@H]2c3cc(CO)c(CO)cc3CC[N@@+]2(C)CCCOC(=O)/C=C\C(=O)OCCC[N+]2(Cc3cc(OC)c(OC)c(OC)c3)CCOCC2)cc1.